The zero-order valence-electron chi connectivity index (χ0n) is 21.2. The van der Waals surface area contributed by atoms with Crippen molar-refractivity contribution in [2.75, 3.05) is 5.32 Å². The molecule has 3 aromatic rings. The molecule has 0 radical (unpaired) electrons. The molecule has 1 heterocycles. The standard InChI is InChI=1S/C32H31NO4/c1-30(2,24-13-7-4-8-14-24)22-31(36,20-17-23-11-5-3-6-12-23)29(35)33-25-15-16-26-27(21-25)32(37-28(26)34)18-9-10-19-32/h3-8,11-16,21,36H,9-10,18-19,22H2,1-2H3,(H,33,35). The summed E-state index contributed by atoms with van der Waals surface area (Å²) in [6, 6.07) is 24.3. The van der Waals surface area contributed by atoms with Gasteiger partial charge in [-0.25, -0.2) is 4.79 Å². The number of esters is 1. The van der Waals surface area contributed by atoms with Gasteiger partial charge in [0.05, 0.1) is 5.56 Å². The van der Waals surface area contributed by atoms with Crippen molar-refractivity contribution in [1.82, 2.24) is 0 Å². The fraction of sp³-hybridized carbons (Fsp3) is 0.312. The summed E-state index contributed by atoms with van der Waals surface area (Å²) >= 11 is 0. The van der Waals surface area contributed by atoms with Gasteiger partial charge in [0.15, 0.2) is 0 Å². The molecule has 2 N–H and O–H groups in total. The van der Waals surface area contributed by atoms with Gasteiger partial charge in [-0.2, -0.15) is 0 Å². The number of hydrogen-bond acceptors (Lipinski definition) is 4. The highest BCUT2D eigenvalue weighted by Gasteiger charge is 2.47. The van der Waals surface area contributed by atoms with Gasteiger partial charge >= 0.3 is 5.97 Å². The van der Waals surface area contributed by atoms with Crippen molar-refractivity contribution < 1.29 is 19.4 Å². The maximum absolute atomic E-state index is 13.7. The Kier molecular flexibility index (Phi) is 6.39. The lowest BCUT2D eigenvalue weighted by Crippen LogP contribution is -2.46. The highest BCUT2D eigenvalue weighted by atomic mass is 16.6. The van der Waals surface area contributed by atoms with Gasteiger partial charge in [-0.3, -0.25) is 4.79 Å². The average molecular weight is 494 g/mol. The minimum atomic E-state index is -1.97. The molecule has 1 amide bonds. The molecule has 0 bridgehead atoms. The molecule has 1 spiro atoms. The number of nitrogens with one attached hydrogen (secondary N) is 1. The molecule has 5 rings (SSSR count). The van der Waals surface area contributed by atoms with E-state index in [1.54, 1.807) is 12.1 Å². The van der Waals surface area contributed by atoms with E-state index < -0.39 is 22.5 Å². The smallest absolute Gasteiger partial charge is 0.339 e. The van der Waals surface area contributed by atoms with E-state index in [0.717, 1.165) is 36.8 Å². The summed E-state index contributed by atoms with van der Waals surface area (Å²) in [6.07, 6.45) is 3.63. The van der Waals surface area contributed by atoms with Crippen molar-refractivity contribution in [2.24, 2.45) is 0 Å². The molecule has 37 heavy (non-hydrogen) atoms. The van der Waals surface area contributed by atoms with E-state index in [0.29, 0.717) is 16.8 Å². The molecule has 3 aromatic carbocycles. The van der Waals surface area contributed by atoms with Crippen LogP contribution in [0.4, 0.5) is 5.69 Å². The summed E-state index contributed by atoms with van der Waals surface area (Å²) in [5, 5.41) is 14.7. The van der Waals surface area contributed by atoms with Gasteiger partial charge in [-0.15, -0.1) is 0 Å². The van der Waals surface area contributed by atoms with E-state index in [9.17, 15) is 14.7 Å². The first-order valence-corrected chi connectivity index (χ1v) is 12.8. The lowest BCUT2D eigenvalue weighted by atomic mass is 9.75. The molecule has 188 valence electrons. The molecule has 5 heteroatoms. The average Bonchev–Trinajstić information content (AvgIpc) is 3.48. The molecular formula is C32H31NO4. The van der Waals surface area contributed by atoms with Crippen LogP contribution in [0.1, 0.15) is 73.0 Å². The van der Waals surface area contributed by atoms with Crippen molar-refractivity contribution in [2.45, 2.75) is 62.6 Å². The predicted octanol–water partition coefficient (Wildman–Crippen LogP) is 5.72. The minimum absolute atomic E-state index is 0.0894. The topological polar surface area (TPSA) is 75.6 Å². The minimum Gasteiger partial charge on any atom is -0.451 e. The van der Waals surface area contributed by atoms with Crippen LogP contribution in [0.3, 0.4) is 0 Å². The van der Waals surface area contributed by atoms with Crippen molar-refractivity contribution in [1.29, 1.82) is 0 Å². The molecular weight excluding hydrogens is 462 g/mol. The van der Waals surface area contributed by atoms with E-state index in [2.05, 4.69) is 17.2 Å². The second-order valence-electron chi connectivity index (χ2n) is 10.7. The number of carbonyl (C=O) groups excluding carboxylic acids is 2. The molecule has 1 atom stereocenters. The molecule has 1 aliphatic heterocycles. The number of anilines is 1. The summed E-state index contributed by atoms with van der Waals surface area (Å²) in [4.78, 5) is 26.1. The SMILES string of the molecule is CC(C)(CC(O)(C#Cc1ccccc1)C(=O)Nc1ccc2c(c1)C1(CCCC1)OC2=O)c1ccccc1. The van der Waals surface area contributed by atoms with Gasteiger partial charge in [-0.05, 0) is 67.0 Å². The quantitative estimate of drug-likeness (QED) is 0.352. The zero-order valence-corrected chi connectivity index (χ0v) is 21.2. The molecule has 1 aliphatic carbocycles. The van der Waals surface area contributed by atoms with Gasteiger partial charge in [0.1, 0.15) is 5.60 Å². The van der Waals surface area contributed by atoms with E-state index in [4.69, 9.17) is 4.74 Å². The summed E-state index contributed by atoms with van der Waals surface area (Å²) < 4.78 is 5.79. The fourth-order valence-electron chi connectivity index (χ4n) is 5.53. The molecule has 2 aliphatic rings. The van der Waals surface area contributed by atoms with Crippen LogP contribution in [-0.2, 0) is 20.5 Å². The zero-order chi connectivity index (χ0) is 26.1. The lowest BCUT2D eigenvalue weighted by molar-refractivity contribution is -0.130. The van der Waals surface area contributed by atoms with Crippen LogP contribution >= 0.6 is 0 Å². The Balaban J connectivity index is 1.47. The largest absolute Gasteiger partial charge is 0.451 e. The van der Waals surface area contributed by atoms with Crippen molar-refractivity contribution in [3.8, 4) is 11.8 Å². The third kappa shape index (κ3) is 4.90. The monoisotopic (exact) mass is 493 g/mol. The summed E-state index contributed by atoms with van der Waals surface area (Å²) in [5.74, 6) is 4.95. The second kappa shape index (κ2) is 9.53. The van der Waals surface area contributed by atoms with Gasteiger partial charge in [0.2, 0.25) is 5.60 Å². The Labute approximate surface area is 217 Å². The molecule has 0 aromatic heterocycles. The second-order valence-corrected chi connectivity index (χ2v) is 10.7. The first-order valence-electron chi connectivity index (χ1n) is 12.8. The summed E-state index contributed by atoms with van der Waals surface area (Å²) in [5.41, 5.74) is 0.468. The lowest BCUT2D eigenvalue weighted by Gasteiger charge is -2.32. The van der Waals surface area contributed by atoms with Crippen LogP contribution in [0, 0.1) is 11.8 Å². The maximum Gasteiger partial charge on any atom is 0.339 e. The predicted molar refractivity (Wildman–Crippen MR) is 143 cm³/mol. The Morgan fingerprint density at radius 2 is 1.65 bits per heavy atom. The van der Waals surface area contributed by atoms with Gasteiger partial charge in [-0.1, -0.05) is 74.2 Å². The van der Waals surface area contributed by atoms with Crippen LogP contribution < -0.4 is 5.32 Å². The van der Waals surface area contributed by atoms with Crippen LogP contribution in [-0.4, -0.2) is 22.6 Å². The first kappa shape index (κ1) is 24.8. The number of hydrogen-bond donors (Lipinski definition) is 2. The fourth-order valence-corrected chi connectivity index (χ4v) is 5.53. The summed E-state index contributed by atoms with van der Waals surface area (Å²) in [7, 11) is 0. The number of fused-ring (bicyclic) bond motifs is 2. The molecule has 0 saturated heterocycles. The third-order valence-corrected chi connectivity index (χ3v) is 7.50. The van der Waals surface area contributed by atoms with Gasteiger partial charge in [0.25, 0.3) is 5.91 Å². The Hall–Kier alpha value is -3.88. The van der Waals surface area contributed by atoms with E-state index >= 15 is 0 Å². The third-order valence-electron chi connectivity index (χ3n) is 7.50. The number of amides is 1. The summed E-state index contributed by atoms with van der Waals surface area (Å²) in [6.45, 7) is 3.99. The number of carbonyl (C=O) groups is 2. The van der Waals surface area contributed by atoms with Crippen LogP contribution in [0.5, 0.6) is 0 Å². The molecule has 1 fully saturated rings. The molecule has 1 unspecified atom stereocenters. The Bertz CT molecular complexity index is 1380. The first-order chi connectivity index (χ1) is 17.7. The number of ether oxygens (including phenoxy) is 1. The van der Waals surface area contributed by atoms with Crippen molar-refractivity contribution >= 4 is 17.6 Å². The molecule has 5 nitrogen and oxygen atoms in total. The normalized spacial score (nSPS) is 17.3. The Morgan fingerprint density at radius 1 is 1.00 bits per heavy atom. The highest BCUT2D eigenvalue weighted by molar-refractivity contribution is 6.01. The van der Waals surface area contributed by atoms with Crippen molar-refractivity contribution in [3.05, 3.63) is 101 Å². The van der Waals surface area contributed by atoms with Crippen molar-refractivity contribution in [3.63, 3.8) is 0 Å². The maximum atomic E-state index is 13.7. The van der Waals surface area contributed by atoms with E-state index in [1.807, 2.05) is 80.6 Å². The van der Waals surface area contributed by atoms with Crippen LogP contribution in [0.15, 0.2) is 78.9 Å². The number of benzene rings is 3. The van der Waals surface area contributed by atoms with E-state index in [-0.39, 0.29) is 12.4 Å². The molecule has 1 saturated carbocycles. The number of aliphatic hydroxyl groups is 1. The van der Waals surface area contributed by atoms with Crippen LogP contribution in [0.25, 0.3) is 0 Å². The van der Waals surface area contributed by atoms with Gasteiger partial charge < -0.3 is 15.2 Å². The Morgan fingerprint density at radius 3 is 2.32 bits per heavy atom. The van der Waals surface area contributed by atoms with Gasteiger partial charge in [0, 0.05) is 23.2 Å². The number of rotatable bonds is 5. The highest BCUT2D eigenvalue weighted by Crippen LogP contribution is 2.48. The van der Waals surface area contributed by atoms with E-state index in [1.165, 1.54) is 0 Å². The van der Waals surface area contributed by atoms with Crippen LogP contribution in [0.2, 0.25) is 0 Å².